The van der Waals surface area contributed by atoms with Crippen LogP contribution in [0.4, 0.5) is 9.59 Å². The van der Waals surface area contributed by atoms with Crippen LogP contribution < -0.4 is 10.6 Å². The van der Waals surface area contributed by atoms with Crippen molar-refractivity contribution >= 4 is 24.1 Å². The summed E-state index contributed by atoms with van der Waals surface area (Å²) in [6.45, 7) is 6.92. The molecule has 2 rings (SSSR count). The van der Waals surface area contributed by atoms with E-state index in [2.05, 4.69) is 23.8 Å². The van der Waals surface area contributed by atoms with Crippen molar-refractivity contribution in [3.63, 3.8) is 0 Å². The number of carbonyl (C=O) groups is 4. The lowest BCUT2D eigenvalue weighted by molar-refractivity contribution is -0.139. The van der Waals surface area contributed by atoms with Crippen molar-refractivity contribution in [3.8, 4) is 11.1 Å². The molecule has 0 atom stereocenters. The first-order chi connectivity index (χ1) is 17.4. The first-order valence-corrected chi connectivity index (χ1v) is 11.0. The number of esters is 2. The van der Waals surface area contributed by atoms with Crippen molar-refractivity contribution in [3.05, 3.63) is 85.0 Å². The molecule has 0 spiro atoms. The summed E-state index contributed by atoms with van der Waals surface area (Å²) >= 11 is 0. The fourth-order valence-electron chi connectivity index (χ4n) is 2.75. The maximum Gasteiger partial charge on any atom is 0.407 e. The highest BCUT2D eigenvalue weighted by atomic mass is 16.6. The van der Waals surface area contributed by atoms with Gasteiger partial charge in [0.1, 0.15) is 26.4 Å². The summed E-state index contributed by atoms with van der Waals surface area (Å²) in [5.41, 5.74) is 3.73. The monoisotopic (exact) mass is 496 g/mol. The third kappa shape index (κ3) is 10.6. The van der Waals surface area contributed by atoms with Crippen molar-refractivity contribution < 1.29 is 38.1 Å². The Balaban J connectivity index is 1.71. The van der Waals surface area contributed by atoms with E-state index in [-0.39, 0.29) is 39.5 Å². The van der Waals surface area contributed by atoms with E-state index in [4.69, 9.17) is 18.9 Å². The molecule has 0 fully saturated rings. The summed E-state index contributed by atoms with van der Waals surface area (Å²) in [5.74, 6) is -1.15. The van der Waals surface area contributed by atoms with E-state index in [1.54, 1.807) is 0 Å². The SMILES string of the molecule is C=CC(=O)OCCOC(=O)NCc1ccc(-c2ccc(CNC(=O)OCCOC(=O)C=C)cc2)cc1. The van der Waals surface area contributed by atoms with Crippen LogP contribution in [0.25, 0.3) is 11.1 Å². The Morgan fingerprint density at radius 3 is 1.25 bits per heavy atom. The number of nitrogens with one attached hydrogen (secondary N) is 2. The molecule has 0 aromatic heterocycles. The highest BCUT2D eigenvalue weighted by molar-refractivity contribution is 5.81. The molecule has 0 saturated carbocycles. The van der Waals surface area contributed by atoms with Crippen molar-refractivity contribution in [1.82, 2.24) is 10.6 Å². The summed E-state index contributed by atoms with van der Waals surface area (Å²) in [7, 11) is 0. The van der Waals surface area contributed by atoms with Crippen molar-refractivity contribution in [2.75, 3.05) is 26.4 Å². The summed E-state index contributed by atoms with van der Waals surface area (Å²) in [6.07, 6.45) is 0.841. The molecule has 10 nitrogen and oxygen atoms in total. The highest BCUT2D eigenvalue weighted by Gasteiger charge is 2.06. The standard InChI is InChI=1S/C26H28N2O8/c1-3-23(29)33-13-15-35-25(31)27-17-19-5-9-21(10-6-19)22-11-7-20(8-12-22)18-28-26(32)36-16-14-34-24(30)4-2/h3-12H,1-2,13-18H2,(H,27,31)(H,28,32). The topological polar surface area (TPSA) is 129 Å². The van der Waals surface area contributed by atoms with Gasteiger partial charge < -0.3 is 29.6 Å². The smallest absolute Gasteiger partial charge is 0.407 e. The van der Waals surface area contributed by atoms with Crippen LogP contribution in [0.3, 0.4) is 0 Å². The van der Waals surface area contributed by atoms with Crippen LogP contribution in [0.5, 0.6) is 0 Å². The quantitative estimate of drug-likeness (QED) is 0.187. The zero-order valence-electron chi connectivity index (χ0n) is 19.7. The predicted molar refractivity (Wildman–Crippen MR) is 131 cm³/mol. The van der Waals surface area contributed by atoms with Crippen molar-refractivity contribution in [1.29, 1.82) is 0 Å². The summed E-state index contributed by atoms with van der Waals surface area (Å²) in [4.78, 5) is 45.2. The van der Waals surface area contributed by atoms with E-state index < -0.39 is 24.1 Å². The zero-order chi connectivity index (χ0) is 26.2. The normalized spacial score (nSPS) is 9.89. The van der Waals surface area contributed by atoms with E-state index in [0.717, 1.165) is 34.4 Å². The Labute approximate surface area is 208 Å². The molecule has 0 radical (unpaired) electrons. The molecule has 0 unspecified atom stereocenters. The summed E-state index contributed by atoms with van der Waals surface area (Å²) < 4.78 is 19.3. The molecule has 0 aliphatic carbocycles. The Morgan fingerprint density at radius 2 is 0.917 bits per heavy atom. The van der Waals surface area contributed by atoms with Gasteiger partial charge in [0.15, 0.2) is 0 Å². The fraction of sp³-hybridized carbons (Fsp3) is 0.231. The van der Waals surface area contributed by atoms with E-state index in [9.17, 15) is 19.2 Å². The molecule has 190 valence electrons. The van der Waals surface area contributed by atoms with Gasteiger partial charge in [0, 0.05) is 25.2 Å². The molecule has 0 aliphatic rings. The Bertz CT molecular complexity index is 963. The van der Waals surface area contributed by atoms with E-state index in [1.807, 2.05) is 48.5 Å². The molecule has 0 saturated heterocycles. The number of hydrogen-bond donors (Lipinski definition) is 2. The molecule has 2 N–H and O–H groups in total. The van der Waals surface area contributed by atoms with Crippen LogP contribution in [0, 0.1) is 0 Å². The Kier molecular flexibility index (Phi) is 11.8. The second kappa shape index (κ2) is 15.3. The number of ether oxygens (including phenoxy) is 4. The van der Waals surface area contributed by atoms with Gasteiger partial charge in [-0.2, -0.15) is 0 Å². The van der Waals surface area contributed by atoms with Gasteiger partial charge in [-0.3, -0.25) is 0 Å². The van der Waals surface area contributed by atoms with Gasteiger partial charge in [-0.05, 0) is 22.3 Å². The Hall–Kier alpha value is -4.60. The maximum absolute atomic E-state index is 11.7. The average molecular weight is 497 g/mol. The lowest BCUT2D eigenvalue weighted by Gasteiger charge is -2.09. The van der Waals surface area contributed by atoms with Gasteiger partial charge >= 0.3 is 24.1 Å². The van der Waals surface area contributed by atoms with Gasteiger partial charge in [-0.15, -0.1) is 0 Å². The number of carbonyl (C=O) groups excluding carboxylic acids is 4. The molecule has 2 amide bonds. The van der Waals surface area contributed by atoms with Gasteiger partial charge in [0.2, 0.25) is 0 Å². The number of benzene rings is 2. The van der Waals surface area contributed by atoms with Crippen LogP contribution in [0.15, 0.2) is 73.8 Å². The molecule has 0 aliphatic heterocycles. The second-order valence-electron chi connectivity index (χ2n) is 7.12. The lowest BCUT2D eigenvalue weighted by Crippen LogP contribution is -2.25. The molecule has 0 bridgehead atoms. The van der Waals surface area contributed by atoms with Gasteiger partial charge in [-0.25, -0.2) is 19.2 Å². The molecule has 0 heterocycles. The molecule has 2 aromatic carbocycles. The van der Waals surface area contributed by atoms with E-state index in [1.165, 1.54) is 0 Å². The summed E-state index contributed by atoms with van der Waals surface area (Å²) in [5, 5.41) is 5.24. The minimum absolute atomic E-state index is 0.0407. The number of rotatable bonds is 13. The van der Waals surface area contributed by atoms with Crippen LogP contribution in [-0.2, 0) is 41.6 Å². The highest BCUT2D eigenvalue weighted by Crippen LogP contribution is 2.20. The fourth-order valence-corrected chi connectivity index (χ4v) is 2.75. The van der Waals surface area contributed by atoms with E-state index in [0.29, 0.717) is 0 Å². The number of amides is 2. The lowest BCUT2D eigenvalue weighted by atomic mass is 10.0. The Morgan fingerprint density at radius 1 is 0.583 bits per heavy atom. The minimum atomic E-state index is -0.613. The maximum atomic E-state index is 11.7. The number of hydrogen-bond acceptors (Lipinski definition) is 8. The van der Waals surface area contributed by atoms with Crippen LogP contribution in [0.1, 0.15) is 11.1 Å². The van der Waals surface area contributed by atoms with Crippen LogP contribution >= 0.6 is 0 Å². The molecular weight excluding hydrogens is 468 g/mol. The second-order valence-corrected chi connectivity index (χ2v) is 7.12. The van der Waals surface area contributed by atoms with Gasteiger partial charge in [-0.1, -0.05) is 61.7 Å². The first kappa shape index (κ1) is 27.6. The average Bonchev–Trinajstić information content (AvgIpc) is 2.91. The zero-order valence-corrected chi connectivity index (χ0v) is 19.7. The third-order valence-electron chi connectivity index (χ3n) is 4.57. The number of alkyl carbamates (subject to hydrolysis) is 2. The van der Waals surface area contributed by atoms with E-state index >= 15 is 0 Å². The summed E-state index contributed by atoms with van der Waals surface area (Å²) in [6, 6.07) is 15.3. The van der Waals surface area contributed by atoms with Crippen LogP contribution in [-0.4, -0.2) is 50.6 Å². The molecule has 10 heteroatoms. The van der Waals surface area contributed by atoms with Gasteiger partial charge in [0.05, 0.1) is 0 Å². The van der Waals surface area contributed by atoms with Crippen molar-refractivity contribution in [2.24, 2.45) is 0 Å². The van der Waals surface area contributed by atoms with Crippen LogP contribution in [0.2, 0.25) is 0 Å². The minimum Gasteiger partial charge on any atom is -0.459 e. The molecular formula is C26H28N2O8. The largest absolute Gasteiger partial charge is 0.459 e. The molecule has 2 aromatic rings. The van der Waals surface area contributed by atoms with Crippen molar-refractivity contribution in [2.45, 2.75) is 13.1 Å². The van der Waals surface area contributed by atoms with Gasteiger partial charge in [0.25, 0.3) is 0 Å². The third-order valence-corrected chi connectivity index (χ3v) is 4.57. The predicted octanol–water partition coefficient (Wildman–Crippen LogP) is 3.26. The first-order valence-electron chi connectivity index (χ1n) is 11.0. The molecule has 36 heavy (non-hydrogen) atoms.